The molecule has 0 radical (unpaired) electrons. The zero-order valence-electron chi connectivity index (χ0n) is 11.3. The maximum atomic E-state index is 11.8. The average Bonchev–Trinajstić information content (AvgIpc) is 2.76. The van der Waals surface area contributed by atoms with Crippen LogP contribution in [-0.4, -0.2) is 57.8 Å². The van der Waals surface area contributed by atoms with Gasteiger partial charge in [0.2, 0.25) is 0 Å². The Bertz CT molecular complexity index is 571. The molecular weight excluding hydrogens is 282 g/mol. The maximum absolute atomic E-state index is 11.8. The average molecular weight is 301 g/mol. The van der Waals surface area contributed by atoms with Crippen LogP contribution in [0.5, 0.6) is 0 Å². The minimum atomic E-state index is -1.09. The fourth-order valence-electron chi connectivity index (χ4n) is 2.20. The summed E-state index contributed by atoms with van der Waals surface area (Å²) in [6.07, 6.45) is -1.87. The summed E-state index contributed by atoms with van der Waals surface area (Å²) < 4.78 is 12.1. The molecule has 0 aliphatic carbocycles. The molecule has 1 fully saturated rings. The molecule has 0 unspecified atom stereocenters. The van der Waals surface area contributed by atoms with Gasteiger partial charge in [0.1, 0.15) is 18.3 Å². The molecule has 1 aliphatic rings. The number of aromatic nitrogens is 2. The number of nitrogens with one attached hydrogen (secondary N) is 1. The normalized spacial score (nSPS) is 28.9. The van der Waals surface area contributed by atoms with Crippen molar-refractivity contribution in [2.45, 2.75) is 31.0 Å². The molecule has 1 aliphatic heterocycles. The van der Waals surface area contributed by atoms with Crippen LogP contribution in [0.3, 0.4) is 0 Å². The summed E-state index contributed by atoms with van der Waals surface area (Å²) in [5.74, 6) is 0. The van der Waals surface area contributed by atoms with E-state index in [0.717, 1.165) is 4.57 Å². The van der Waals surface area contributed by atoms with Crippen LogP contribution in [0.15, 0.2) is 21.9 Å². The molecule has 1 aromatic heterocycles. The second-order valence-electron chi connectivity index (χ2n) is 4.73. The first kappa shape index (κ1) is 15.9. The van der Waals surface area contributed by atoms with E-state index in [1.165, 1.54) is 12.3 Å². The first-order chi connectivity index (χ1) is 10.1. The highest BCUT2D eigenvalue weighted by atomic mass is 16.6. The van der Waals surface area contributed by atoms with Crippen LogP contribution >= 0.6 is 0 Å². The quantitative estimate of drug-likeness (QED) is 0.426. The van der Waals surface area contributed by atoms with Gasteiger partial charge in [-0.3, -0.25) is 14.3 Å². The Morgan fingerprint density at radius 3 is 2.86 bits per heavy atom. The van der Waals surface area contributed by atoms with Crippen molar-refractivity contribution in [1.29, 1.82) is 0 Å². The number of nitrogens with zero attached hydrogens (tertiary/aromatic N) is 1. The van der Waals surface area contributed by atoms with Gasteiger partial charge in [0.05, 0.1) is 6.61 Å². The number of H-pyrrole nitrogens is 1. The van der Waals surface area contributed by atoms with E-state index in [4.69, 9.17) is 15.2 Å². The third-order valence-corrected chi connectivity index (χ3v) is 3.28. The van der Waals surface area contributed by atoms with Crippen LogP contribution < -0.4 is 17.0 Å². The molecule has 2 rings (SSSR count). The number of hydrogen-bond acceptors (Lipinski definition) is 7. The number of hydrogen-bond donors (Lipinski definition) is 4. The minimum absolute atomic E-state index is 0.286. The number of nitrogens with two attached hydrogens (primary N) is 1. The predicted molar refractivity (Wildman–Crippen MR) is 71.7 cm³/mol. The standard InChI is InChI=1S/C12H19N3O6/c13-3-1-5-20-10-9(18)7(6-16)21-11(10)15-4-2-8(17)14-12(15)19/h2,4,7,9-11,16,18H,1,3,5-6,13H2,(H,14,17,19)/t7-,9-,10-,11-/m1/s1. The smallest absolute Gasteiger partial charge is 0.330 e. The van der Waals surface area contributed by atoms with E-state index in [9.17, 15) is 19.8 Å². The van der Waals surface area contributed by atoms with Crippen molar-refractivity contribution in [3.63, 3.8) is 0 Å². The summed E-state index contributed by atoms with van der Waals surface area (Å²) in [5.41, 5.74) is 4.17. The van der Waals surface area contributed by atoms with Crippen LogP contribution in [0, 0.1) is 0 Å². The van der Waals surface area contributed by atoms with E-state index in [0.29, 0.717) is 13.0 Å². The summed E-state index contributed by atoms with van der Waals surface area (Å²) in [5, 5.41) is 19.3. The first-order valence-corrected chi connectivity index (χ1v) is 6.66. The third-order valence-electron chi connectivity index (χ3n) is 3.28. The van der Waals surface area contributed by atoms with E-state index < -0.39 is 42.4 Å². The van der Waals surface area contributed by atoms with E-state index in [1.54, 1.807) is 0 Å². The molecule has 1 saturated heterocycles. The van der Waals surface area contributed by atoms with Gasteiger partial charge in [0.15, 0.2) is 6.23 Å². The molecule has 9 heteroatoms. The van der Waals surface area contributed by atoms with Gasteiger partial charge in [-0.2, -0.15) is 0 Å². The Morgan fingerprint density at radius 2 is 2.24 bits per heavy atom. The second kappa shape index (κ2) is 6.96. The lowest BCUT2D eigenvalue weighted by Crippen LogP contribution is -2.39. The number of aromatic amines is 1. The molecule has 9 nitrogen and oxygen atoms in total. The lowest BCUT2D eigenvalue weighted by atomic mass is 10.1. The lowest BCUT2D eigenvalue weighted by Gasteiger charge is -2.22. The largest absolute Gasteiger partial charge is 0.394 e. The van der Waals surface area contributed by atoms with E-state index in [1.807, 2.05) is 0 Å². The van der Waals surface area contributed by atoms with Crippen molar-refractivity contribution in [2.75, 3.05) is 19.8 Å². The van der Waals surface area contributed by atoms with Crippen LogP contribution in [0.25, 0.3) is 0 Å². The maximum Gasteiger partial charge on any atom is 0.330 e. The van der Waals surface area contributed by atoms with Crippen LogP contribution in [0.2, 0.25) is 0 Å². The lowest BCUT2D eigenvalue weighted by molar-refractivity contribution is -0.0744. The van der Waals surface area contributed by atoms with Gasteiger partial charge in [-0.1, -0.05) is 0 Å². The molecule has 0 bridgehead atoms. The van der Waals surface area contributed by atoms with Crippen molar-refractivity contribution in [3.8, 4) is 0 Å². The predicted octanol–water partition coefficient (Wildman–Crippen LogP) is -2.48. The van der Waals surface area contributed by atoms with Gasteiger partial charge in [0, 0.05) is 18.9 Å². The number of rotatable bonds is 6. The second-order valence-corrected chi connectivity index (χ2v) is 4.73. The molecule has 0 aromatic carbocycles. The van der Waals surface area contributed by atoms with Crippen molar-refractivity contribution in [3.05, 3.63) is 33.1 Å². The fraction of sp³-hybridized carbons (Fsp3) is 0.667. The van der Waals surface area contributed by atoms with E-state index in [-0.39, 0.29) is 6.61 Å². The number of ether oxygens (including phenoxy) is 2. The molecule has 0 saturated carbocycles. The Labute approximate surface area is 119 Å². The summed E-state index contributed by atoms with van der Waals surface area (Å²) >= 11 is 0. The minimum Gasteiger partial charge on any atom is -0.394 e. The number of aliphatic hydroxyl groups is 2. The molecule has 0 spiro atoms. The summed E-state index contributed by atoms with van der Waals surface area (Å²) in [6, 6.07) is 1.17. The summed E-state index contributed by atoms with van der Waals surface area (Å²) in [7, 11) is 0. The van der Waals surface area contributed by atoms with Gasteiger partial charge in [-0.15, -0.1) is 0 Å². The van der Waals surface area contributed by atoms with Gasteiger partial charge in [-0.05, 0) is 13.0 Å². The van der Waals surface area contributed by atoms with E-state index >= 15 is 0 Å². The SMILES string of the molecule is NCCCO[C@@H]1[C@H](O)[C@@H](CO)O[C@H]1n1ccc(=O)[nH]c1=O. The fourth-order valence-corrected chi connectivity index (χ4v) is 2.20. The highest BCUT2D eigenvalue weighted by molar-refractivity contribution is 4.93. The molecule has 5 N–H and O–H groups in total. The highest BCUT2D eigenvalue weighted by Gasteiger charge is 2.45. The van der Waals surface area contributed by atoms with Crippen molar-refractivity contribution >= 4 is 0 Å². The van der Waals surface area contributed by atoms with Gasteiger partial charge >= 0.3 is 5.69 Å². The van der Waals surface area contributed by atoms with Crippen molar-refractivity contribution < 1.29 is 19.7 Å². The molecule has 4 atom stereocenters. The molecular formula is C12H19N3O6. The monoisotopic (exact) mass is 301 g/mol. The highest BCUT2D eigenvalue weighted by Crippen LogP contribution is 2.30. The Kier molecular flexibility index (Phi) is 5.26. The zero-order chi connectivity index (χ0) is 15.4. The first-order valence-electron chi connectivity index (χ1n) is 6.66. The zero-order valence-corrected chi connectivity index (χ0v) is 11.3. The van der Waals surface area contributed by atoms with Gasteiger partial charge < -0.3 is 25.4 Å². The van der Waals surface area contributed by atoms with Crippen LogP contribution in [0.1, 0.15) is 12.6 Å². The topological polar surface area (TPSA) is 140 Å². The Morgan fingerprint density at radius 1 is 1.48 bits per heavy atom. The molecule has 118 valence electrons. The third kappa shape index (κ3) is 3.39. The molecule has 2 heterocycles. The molecule has 0 amide bonds. The van der Waals surface area contributed by atoms with Crippen LogP contribution in [-0.2, 0) is 9.47 Å². The summed E-state index contributed by atoms with van der Waals surface area (Å²) in [4.78, 5) is 25.0. The van der Waals surface area contributed by atoms with Crippen LogP contribution in [0.4, 0.5) is 0 Å². The molecule has 1 aromatic rings. The van der Waals surface area contributed by atoms with Gasteiger partial charge in [-0.25, -0.2) is 4.79 Å². The van der Waals surface area contributed by atoms with E-state index in [2.05, 4.69) is 4.98 Å². The Hall–Kier alpha value is -1.52. The molecule has 21 heavy (non-hydrogen) atoms. The summed E-state index contributed by atoms with van der Waals surface area (Å²) in [6.45, 7) is 0.303. The van der Waals surface area contributed by atoms with Gasteiger partial charge in [0.25, 0.3) is 5.56 Å². The number of aliphatic hydroxyl groups excluding tert-OH is 2. The Balaban J connectivity index is 2.25. The van der Waals surface area contributed by atoms with Crippen molar-refractivity contribution in [2.24, 2.45) is 5.73 Å². The van der Waals surface area contributed by atoms with Crippen molar-refractivity contribution in [1.82, 2.24) is 9.55 Å².